The molecule has 1 aromatic carbocycles. The minimum Gasteiger partial charge on any atom is -0.444 e. The Balaban J connectivity index is 2.78. The first-order valence-electron chi connectivity index (χ1n) is 7.62. The molecule has 0 aliphatic heterocycles. The molecule has 0 spiro atoms. The lowest BCUT2D eigenvalue weighted by atomic mass is 9.80. The minimum atomic E-state index is -0.569. The summed E-state index contributed by atoms with van der Waals surface area (Å²) in [5.74, 6) is -0.327. The van der Waals surface area contributed by atoms with Crippen LogP contribution < -0.4 is 5.32 Å². The van der Waals surface area contributed by atoms with Crippen molar-refractivity contribution >= 4 is 22.0 Å². The van der Waals surface area contributed by atoms with E-state index in [-0.39, 0.29) is 19.0 Å². The van der Waals surface area contributed by atoms with Crippen molar-refractivity contribution in [2.75, 3.05) is 13.2 Å². The van der Waals surface area contributed by atoms with Crippen LogP contribution in [0.2, 0.25) is 0 Å². The number of nitrogens with one attached hydrogen (secondary N) is 1. The van der Waals surface area contributed by atoms with Gasteiger partial charge in [0.2, 0.25) is 0 Å². The van der Waals surface area contributed by atoms with Gasteiger partial charge in [0, 0.05) is 12.0 Å². The van der Waals surface area contributed by atoms with Crippen LogP contribution in [0.15, 0.2) is 22.7 Å². The lowest BCUT2D eigenvalue weighted by Gasteiger charge is -2.31. The Morgan fingerprint density at radius 2 is 2.04 bits per heavy atom. The van der Waals surface area contributed by atoms with E-state index < -0.39 is 17.1 Å². The molecular weight excluding hydrogens is 365 g/mol. The number of carbonyl (C=O) groups is 1. The predicted molar refractivity (Wildman–Crippen MR) is 91.9 cm³/mol. The van der Waals surface area contributed by atoms with Crippen LogP contribution in [0, 0.1) is 11.2 Å². The van der Waals surface area contributed by atoms with Crippen molar-refractivity contribution in [1.29, 1.82) is 0 Å². The second-order valence-electron chi connectivity index (χ2n) is 6.79. The average Bonchev–Trinajstić information content (AvgIpc) is 2.45. The van der Waals surface area contributed by atoms with Crippen molar-refractivity contribution in [3.8, 4) is 0 Å². The van der Waals surface area contributed by atoms with Crippen LogP contribution in [-0.2, 0) is 11.2 Å². The first-order valence-corrected chi connectivity index (χ1v) is 8.42. The number of rotatable bonds is 6. The fourth-order valence-electron chi connectivity index (χ4n) is 2.19. The Hall–Kier alpha value is -1.14. The van der Waals surface area contributed by atoms with Gasteiger partial charge in [-0.2, -0.15) is 0 Å². The van der Waals surface area contributed by atoms with Crippen LogP contribution in [0.4, 0.5) is 9.18 Å². The molecule has 0 aromatic heterocycles. The van der Waals surface area contributed by atoms with Crippen LogP contribution in [0.1, 0.15) is 39.7 Å². The molecular formula is C17H25BrFNO3. The molecule has 130 valence electrons. The molecule has 0 bridgehead atoms. The van der Waals surface area contributed by atoms with E-state index in [1.54, 1.807) is 32.9 Å². The van der Waals surface area contributed by atoms with Gasteiger partial charge in [0.15, 0.2) is 0 Å². The van der Waals surface area contributed by atoms with Crippen molar-refractivity contribution in [1.82, 2.24) is 5.32 Å². The Morgan fingerprint density at radius 3 is 2.52 bits per heavy atom. The number of hydrogen-bond acceptors (Lipinski definition) is 3. The van der Waals surface area contributed by atoms with Gasteiger partial charge in [-0.25, -0.2) is 9.18 Å². The molecule has 0 radical (unpaired) electrons. The average molecular weight is 390 g/mol. The third kappa shape index (κ3) is 6.47. The van der Waals surface area contributed by atoms with E-state index in [2.05, 4.69) is 21.2 Å². The number of hydrogen-bond donors (Lipinski definition) is 2. The Morgan fingerprint density at radius 1 is 1.39 bits per heavy atom. The lowest BCUT2D eigenvalue weighted by Crippen LogP contribution is -2.43. The summed E-state index contributed by atoms with van der Waals surface area (Å²) in [7, 11) is 0. The molecule has 0 saturated heterocycles. The van der Waals surface area contributed by atoms with Gasteiger partial charge in [0.1, 0.15) is 11.4 Å². The van der Waals surface area contributed by atoms with Gasteiger partial charge in [-0.05, 0) is 67.2 Å². The second-order valence-corrected chi connectivity index (χ2v) is 7.65. The number of alkyl carbamates (subject to hydrolysis) is 1. The summed E-state index contributed by atoms with van der Waals surface area (Å²) in [6.45, 7) is 7.52. The number of aliphatic hydroxyl groups is 1. The van der Waals surface area contributed by atoms with Crippen LogP contribution in [0.3, 0.4) is 0 Å². The fraction of sp³-hybridized carbons (Fsp3) is 0.588. The smallest absolute Gasteiger partial charge is 0.407 e. The second kappa shape index (κ2) is 8.11. The van der Waals surface area contributed by atoms with E-state index in [0.29, 0.717) is 17.3 Å². The summed E-state index contributed by atoms with van der Waals surface area (Å²) < 4.78 is 18.9. The van der Waals surface area contributed by atoms with Crippen LogP contribution in [0.5, 0.6) is 0 Å². The molecule has 1 atom stereocenters. The summed E-state index contributed by atoms with van der Waals surface area (Å²) >= 11 is 3.17. The Kier molecular flexibility index (Phi) is 7.02. The molecule has 1 amide bonds. The first-order chi connectivity index (χ1) is 10.6. The van der Waals surface area contributed by atoms with Gasteiger partial charge in [-0.1, -0.05) is 13.0 Å². The third-order valence-corrected chi connectivity index (χ3v) is 4.26. The van der Waals surface area contributed by atoms with E-state index >= 15 is 0 Å². The number of benzene rings is 1. The Bertz CT molecular complexity index is 539. The van der Waals surface area contributed by atoms with Crippen molar-refractivity contribution in [2.45, 2.75) is 46.1 Å². The molecule has 0 fully saturated rings. The molecule has 2 N–H and O–H groups in total. The summed E-state index contributed by atoms with van der Waals surface area (Å²) in [5.41, 5.74) is -0.200. The fourth-order valence-corrected chi connectivity index (χ4v) is 2.62. The predicted octanol–water partition coefficient (Wildman–Crippen LogP) is 4.04. The summed E-state index contributed by atoms with van der Waals surface area (Å²) in [5, 5.41) is 12.6. The van der Waals surface area contributed by atoms with E-state index in [1.165, 1.54) is 6.07 Å². The number of carbonyl (C=O) groups excluding carboxylic acids is 1. The maximum atomic E-state index is 13.3. The van der Waals surface area contributed by atoms with Crippen LogP contribution in [-0.4, -0.2) is 30.0 Å². The summed E-state index contributed by atoms with van der Waals surface area (Å²) in [4.78, 5) is 11.8. The van der Waals surface area contributed by atoms with E-state index in [0.717, 1.165) is 5.56 Å². The molecule has 0 aliphatic carbocycles. The van der Waals surface area contributed by atoms with E-state index in [4.69, 9.17) is 4.74 Å². The standard InChI is InChI=1S/C17H25BrFNO3/c1-5-17(11-21,10-20-15(22)23-16(2,3)4)9-12-6-7-14(19)13(18)8-12/h6-8,21H,5,9-11H2,1-4H3,(H,20,22). The van der Waals surface area contributed by atoms with Crippen molar-refractivity contribution < 1.29 is 19.0 Å². The highest BCUT2D eigenvalue weighted by molar-refractivity contribution is 9.10. The molecule has 4 nitrogen and oxygen atoms in total. The highest BCUT2D eigenvalue weighted by Crippen LogP contribution is 2.28. The maximum absolute atomic E-state index is 13.3. The maximum Gasteiger partial charge on any atom is 0.407 e. The van der Waals surface area contributed by atoms with Crippen molar-refractivity contribution in [2.24, 2.45) is 5.41 Å². The molecule has 1 unspecified atom stereocenters. The topological polar surface area (TPSA) is 58.6 Å². The molecule has 0 heterocycles. The van der Waals surface area contributed by atoms with E-state index in [9.17, 15) is 14.3 Å². The van der Waals surface area contributed by atoms with E-state index in [1.807, 2.05) is 6.92 Å². The monoisotopic (exact) mass is 389 g/mol. The summed E-state index contributed by atoms with van der Waals surface area (Å²) in [6.07, 6.45) is 0.673. The van der Waals surface area contributed by atoms with Gasteiger partial charge < -0.3 is 15.2 Å². The zero-order valence-corrected chi connectivity index (χ0v) is 15.7. The highest BCUT2D eigenvalue weighted by atomic mass is 79.9. The third-order valence-electron chi connectivity index (χ3n) is 3.66. The number of amides is 1. The Labute approximate surface area is 145 Å². The van der Waals surface area contributed by atoms with Crippen molar-refractivity contribution in [3.05, 3.63) is 34.1 Å². The molecule has 23 heavy (non-hydrogen) atoms. The SMILES string of the molecule is CCC(CO)(CNC(=O)OC(C)(C)C)Cc1ccc(F)c(Br)c1. The number of aliphatic hydroxyl groups excluding tert-OH is 1. The lowest BCUT2D eigenvalue weighted by molar-refractivity contribution is 0.0461. The largest absolute Gasteiger partial charge is 0.444 e. The molecule has 1 aromatic rings. The van der Waals surface area contributed by atoms with Gasteiger partial charge >= 0.3 is 6.09 Å². The van der Waals surface area contributed by atoms with Gasteiger partial charge in [-0.15, -0.1) is 0 Å². The normalized spacial score (nSPS) is 14.2. The number of ether oxygens (including phenoxy) is 1. The van der Waals surface area contributed by atoms with Crippen molar-refractivity contribution in [3.63, 3.8) is 0 Å². The zero-order valence-electron chi connectivity index (χ0n) is 14.1. The highest BCUT2D eigenvalue weighted by Gasteiger charge is 2.29. The van der Waals surface area contributed by atoms with Crippen LogP contribution in [0.25, 0.3) is 0 Å². The quantitative estimate of drug-likeness (QED) is 0.771. The van der Waals surface area contributed by atoms with Gasteiger partial charge in [0.05, 0.1) is 11.1 Å². The molecule has 1 rings (SSSR count). The van der Waals surface area contributed by atoms with Gasteiger partial charge in [0.25, 0.3) is 0 Å². The number of halogens is 2. The summed E-state index contributed by atoms with van der Waals surface area (Å²) in [6, 6.07) is 4.77. The van der Waals surface area contributed by atoms with Gasteiger partial charge in [-0.3, -0.25) is 0 Å². The molecule has 0 aliphatic rings. The first kappa shape index (κ1) is 19.9. The molecule has 0 saturated carbocycles. The minimum absolute atomic E-state index is 0.0890. The van der Waals surface area contributed by atoms with Crippen LogP contribution >= 0.6 is 15.9 Å². The molecule has 6 heteroatoms. The zero-order chi connectivity index (χ0) is 17.7.